The van der Waals surface area contributed by atoms with E-state index in [2.05, 4.69) is 36.6 Å². The smallest absolute Gasteiger partial charge is 0.319 e. The van der Waals surface area contributed by atoms with Gasteiger partial charge in [0.1, 0.15) is 0 Å². The molecule has 0 fully saturated rings. The highest BCUT2D eigenvalue weighted by Crippen LogP contribution is 2.20. The predicted octanol–water partition coefficient (Wildman–Crippen LogP) is 4.13. The van der Waals surface area contributed by atoms with Crippen LogP contribution in [0.15, 0.2) is 54.6 Å². The van der Waals surface area contributed by atoms with Gasteiger partial charge in [-0.25, -0.2) is 4.79 Å². The zero-order valence-electron chi connectivity index (χ0n) is 11.9. The summed E-state index contributed by atoms with van der Waals surface area (Å²) in [5.74, 6) is 0.446. The molecule has 2 amide bonds. The van der Waals surface area contributed by atoms with Gasteiger partial charge in [0.05, 0.1) is 0 Å². The molecule has 104 valence electrons. The average molecular weight is 268 g/mol. The summed E-state index contributed by atoms with van der Waals surface area (Å²) in [5, 5.41) is 5.65. The first-order chi connectivity index (χ1) is 9.65. The van der Waals surface area contributed by atoms with Gasteiger partial charge in [-0.2, -0.15) is 0 Å². The quantitative estimate of drug-likeness (QED) is 0.860. The van der Waals surface area contributed by atoms with Crippen LogP contribution in [0, 0.1) is 5.92 Å². The first kappa shape index (κ1) is 14.1. The number of nitrogens with one attached hydrogen (secondary N) is 2. The van der Waals surface area contributed by atoms with Crippen molar-refractivity contribution in [1.82, 2.24) is 5.32 Å². The molecule has 2 aromatic carbocycles. The summed E-state index contributed by atoms with van der Waals surface area (Å²) in [6.07, 6.45) is 0. The molecule has 20 heavy (non-hydrogen) atoms. The number of anilines is 1. The minimum absolute atomic E-state index is 0.161. The predicted molar refractivity (Wildman–Crippen MR) is 83.7 cm³/mol. The van der Waals surface area contributed by atoms with Gasteiger partial charge in [0.2, 0.25) is 0 Å². The highest BCUT2D eigenvalue weighted by molar-refractivity contribution is 5.89. The second-order valence-corrected chi connectivity index (χ2v) is 5.17. The van der Waals surface area contributed by atoms with Gasteiger partial charge in [0.15, 0.2) is 0 Å². The molecule has 0 unspecified atom stereocenters. The lowest BCUT2D eigenvalue weighted by Crippen LogP contribution is -2.31. The molecule has 0 heterocycles. The maximum Gasteiger partial charge on any atom is 0.319 e. The monoisotopic (exact) mass is 268 g/mol. The molecule has 3 nitrogen and oxygen atoms in total. The summed E-state index contributed by atoms with van der Waals surface area (Å²) in [4.78, 5) is 11.6. The maximum atomic E-state index is 11.6. The molecule has 3 heteroatoms. The molecule has 0 aliphatic rings. The van der Waals surface area contributed by atoms with Gasteiger partial charge in [-0.15, -0.1) is 0 Å². The van der Waals surface area contributed by atoms with E-state index >= 15 is 0 Å². The van der Waals surface area contributed by atoms with Gasteiger partial charge in [-0.3, -0.25) is 0 Å². The van der Waals surface area contributed by atoms with Crippen molar-refractivity contribution in [3.05, 3.63) is 54.6 Å². The summed E-state index contributed by atoms with van der Waals surface area (Å²) in [6.45, 7) is 4.80. The van der Waals surface area contributed by atoms with Crippen molar-refractivity contribution in [1.29, 1.82) is 0 Å². The largest absolute Gasteiger partial charge is 0.338 e. The van der Waals surface area contributed by atoms with Gasteiger partial charge in [-0.1, -0.05) is 56.3 Å². The van der Waals surface area contributed by atoms with Crippen LogP contribution < -0.4 is 10.6 Å². The Morgan fingerprint density at radius 3 is 2.15 bits per heavy atom. The molecule has 0 bridgehead atoms. The highest BCUT2D eigenvalue weighted by Gasteiger charge is 2.03. The number of carbonyl (C=O) groups excluding carboxylic acids is 1. The fourth-order valence-electron chi connectivity index (χ4n) is 1.85. The number of benzene rings is 2. The Kier molecular flexibility index (Phi) is 4.77. The molecule has 0 aliphatic heterocycles. The summed E-state index contributed by atoms with van der Waals surface area (Å²) in [7, 11) is 0. The third-order valence-electron chi connectivity index (χ3n) is 2.92. The van der Waals surface area contributed by atoms with Crippen molar-refractivity contribution in [2.75, 3.05) is 11.9 Å². The van der Waals surface area contributed by atoms with Gasteiger partial charge >= 0.3 is 6.03 Å². The van der Waals surface area contributed by atoms with E-state index in [4.69, 9.17) is 0 Å². The number of amides is 2. The molecular formula is C17H20N2O. The molecule has 0 saturated carbocycles. The molecule has 0 saturated heterocycles. The SMILES string of the molecule is CC(C)CNC(=O)Nc1ccc(-c2ccccc2)cc1. The fourth-order valence-corrected chi connectivity index (χ4v) is 1.85. The van der Waals surface area contributed by atoms with Crippen LogP contribution in [-0.2, 0) is 0 Å². The molecule has 0 aliphatic carbocycles. The molecule has 0 atom stereocenters. The van der Waals surface area contributed by atoms with Crippen molar-refractivity contribution in [2.45, 2.75) is 13.8 Å². The molecule has 0 radical (unpaired) electrons. The van der Waals surface area contributed by atoms with Gasteiger partial charge in [-0.05, 0) is 29.2 Å². The van der Waals surface area contributed by atoms with E-state index in [1.807, 2.05) is 42.5 Å². The Labute approximate surface area is 120 Å². The Morgan fingerprint density at radius 2 is 1.55 bits per heavy atom. The maximum absolute atomic E-state index is 11.6. The van der Waals surface area contributed by atoms with E-state index in [1.165, 1.54) is 5.56 Å². The Hall–Kier alpha value is -2.29. The van der Waals surface area contributed by atoms with Crippen LogP contribution in [-0.4, -0.2) is 12.6 Å². The Morgan fingerprint density at radius 1 is 0.950 bits per heavy atom. The lowest BCUT2D eigenvalue weighted by atomic mass is 10.1. The van der Waals surface area contributed by atoms with Gasteiger partial charge < -0.3 is 10.6 Å². The zero-order chi connectivity index (χ0) is 14.4. The van der Waals surface area contributed by atoms with Crippen LogP contribution in [0.5, 0.6) is 0 Å². The van der Waals surface area contributed by atoms with Crippen molar-refractivity contribution >= 4 is 11.7 Å². The summed E-state index contributed by atoms with van der Waals surface area (Å²) in [5.41, 5.74) is 3.10. The van der Waals surface area contributed by atoms with E-state index in [-0.39, 0.29) is 6.03 Å². The normalized spacial score (nSPS) is 10.3. The first-order valence-corrected chi connectivity index (χ1v) is 6.85. The minimum atomic E-state index is -0.161. The zero-order valence-corrected chi connectivity index (χ0v) is 11.9. The third kappa shape index (κ3) is 4.12. The van der Waals surface area contributed by atoms with Crippen LogP contribution in [0.25, 0.3) is 11.1 Å². The van der Waals surface area contributed by atoms with Crippen molar-refractivity contribution < 1.29 is 4.79 Å². The number of hydrogen-bond acceptors (Lipinski definition) is 1. The van der Waals surface area contributed by atoms with Gasteiger partial charge in [0.25, 0.3) is 0 Å². The first-order valence-electron chi connectivity index (χ1n) is 6.85. The van der Waals surface area contributed by atoms with E-state index in [1.54, 1.807) is 0 Å². The summed E-state index contributed by atoms with van der Waals surface area (Å²) in [6, 6.07) is 17.8. The molecular weight excluding hydrogens is 248 g/mol. The van der Waals surface area contributed by atoms with Gasteiger partial charge in [0, 0.05) is 12.2 Å². The Bertz CT molecular complexity index is 547. The van der Waals surface area contributed by atoms with E-state index in [0.29, 0.717) is 12.5 Å². The number of hydrogen-bond donors (Lipinski definition) is 2. The Balaban J connectivity index is 1.97. The topological polar surface area (TPSA) is 41.1 Å². The van der Waals surface area contributed by atoms with Crippen LogP contribution in [0.2, 0.25) is 0 Å². The fraction of sp³-hybridized carbons (Fsp3) is 0.235. The van der Waals surface area contributed by atoms with Crippen LogP contribution in [0.3, 0.4) is 0 Å². The van der Waals surface area contributed by atoms with Crippen molar-refractivity contribution in [2.24, 2.45) is 5.92 Å². The third-order valence-corrected chi connectivity index (χ3v) is 2.92. The van der Waals surface area contributed by atoms with E-state index < -0.39 is 0 Å². The number of carbonyl (C=O) groups is 1. The summed E-state index contributed by atoms with van der Waals surface area (Å²) >= 11 is 0. The molecule has 2 N–H and O–H groups in total. The lowest BCUT2D eigenvalue weighted by Gasteiger charge is -2.10. The van der Waals surface area contributed by atoms with Crippen LogP contribution in [0.4, 0.5) is 10.5 Å². The molecule has 2 aromatic rings. The minimum Gasteiger partial charge on any atom is -0.338 e. The van der Waals surface area contributed by atoms with Crippen LogP contribution in [0.1, 0.15) is 13.8 Å². The highest BCUT2D eigenvalue weighted by atomic mass is 16.2. The van der Waals surface area contributed by atoms with Crippen molar-refractivity contribution in [3.8, 4) is 11.1 Å². The molecule has 0 aromatic heterocycles. The lowest BCUT2D eigenvalue weighted by molar-refractivity contribution is 0.251. The second kappa shape index (κ2) is 6.75. The van der Waals surface area contributed by atoms with E-state index in [0.717, 1.165) is 11.3 Å². The van der Waals surface area contributed by atoms with Crippen LogP contribution >= 0.6 is 0 Å². The summed E-state index contributed by atoms with van der Waals surface area (Å²) < 4.78 is 0. The molecule has 0 spiro atoms. The van der Waals surface area contributed by atoms with E-state index in [9.17, 15) is 4.79 Å². The van der Waals surface area contributed by atoms with Crippen molar-refractivity contribution in [3.63, 3.8) is 0 Å². The second-order valence-electron chi connectivity index (χ2n) is 5.17. The number of rotatable bonds is 4. The molecule has 2 rings (SSSR count). The standard InChI is InChI=1S/C17H20N2O/c1-13(2)12-18-17(20)19-16-10-8-15(9-11-16)14-6-4-3-5-7-14/h3-11,13H,12H2,1-2H3,(H2,18,19,20). The number of urea groups is 1. The average Bonchev–Trinajstić information content (AvgIpc) is 2.47.